The van der Waals surface area contributed by atoms with Crippen molar-refractivity contribution < 1.29 is 14.7 Å². The van der Waals surface area contributed by atoms with Crippen LogP contribution in [0.5, 0.6) is 0 Å². The maximum Gasteiger partial charge on any atom is 0.354 e. The van der Waals surface area contributed by atoms with Gasteiger partial charge in [-0.25, -0.2) is 9.78 Å². The van der Waals surface area contributed by atoms with Crippen LogP contribution in [0.25, 0.3) is 0 Å². The number of rotatable bonds is 3. The molecule has 1 aliphatic rings. The predicted octanol–water partition coefficient (Wildman–Crippen LogP) is 2.33. The van der Waals surface area contributed by atoms with Crippen molar-refractivity contribution in [3.05, 3.63) is 29.6 Å². The van der Waals surface area contributed by atoms with Crippen molar-refractivity contribution >= 4 is 11.9 Å². The summed E-state index contributed by atoms with van der Waals surface area (Å²) in [5, 5.41) is 11.9. The van der Waals surface area contributed by atoms with Gasteiger partial charge in [0.15, 0.2) is 0 Å². The molecular formula is C15H20N2O3. The normalized spacial score (nSPS) is 26.0. The van der Waals surface area contributed by atoms with Gasteiger partial charge in [-0.3, -0.25) is 4.79 Å². The Morgan fingerprint density at radius 2 is 1.75 bits per heavy atom. The third-order valence-corrected chi connectivity index (χ3v) is 3.71. The topological polar surface area (TPSA) is 79.3 Å². The van der Waals surface area contributed by atoms with E-state index in [1.807, 2.05) is 0 Å². The van der Waals surface area contributed by atoms with Crippen molar-refractivity contribution in [2.24, 2.45) is 11.8 Å². The Hall–Kier alpha value is -1.91. The first-order valence-electron chi connectivity index (χ1n) is 6.97. The predicted molar refractivity (Wildman–Crippen MR) is 74.6 cm³/mol. The molecule has 5 heteroatoms. The molecule has 20 heavy (non-hydrogen) atoms. The molecule has 2 atom stereocenters. The van der Waals surface area contributed by atoms with E-state index in [0.717, 1.165) is 12.8 Å². The number of hydrogen-bond donors (Lipinski definition) is 2. The van der Waals surface area contributed by atoms with Gasteiger partial charge in [0.05, 0.1) is 0 Å². The number of carbonyl (C=O) groups is 2. The van der Waals surface area contributed by atoms with E-state index in [0.29, 0.717) is 11.8 Å². The maximum absolute atomic E-state index is 12.1. The second-order valence-corrected chi connectivity index (χ2v) is 5.80. The minimum absolute atomic E-state index is 0.108. The number of hydrogen-bond acceptors (Lipinski definition) is 3. The smallest absolute Gasteiger partial charge is 0.354 e. The number of carboxylic acid groups (broad SMARTS) is 1. The summed E-state index contributed by atoms with van der Waals surface area (Å²) in [7, 11) is 0. The SMILES string of the molecule is CC1CC(C)CC(NC(=O)c2cccc(C(=O)O)n2)C1. The van der Waals surface area contributed by atoms with Gasteiger partial charge in [0, 0.05) is 6.04 Å². The van der Waals surface area contributed by atoms with Crippen LogP contribution in [-0.2, 0) is 0 Å². The second-order valence-electron chi connectivity index (χ2n) is 5.80. The fourth-order valence-electron chi connectivity index (χ4n) is 3.00. The minimum Gasteiger partial charge on any atom is -0.477 e. The van der Waals surface area contributed by atoms with Crippen LogP contribution in [0.1, 0.15) is 54.1 Å². The molecule has 5 nitrogen and oxygen atoms in total. The minimum atomic E-state index is -1.13. The standard InChI is InChI=1S/C15H20N2O3/c1-9-6-10(2)8-11(7-9)16-14(18)12-4-3-5-13(17-12)15(19)20/h3-5,9-11H,6-8H2,1-2H3,(H,16,18)(H,19,20). The van der Waals surface area contributed by atoms with Crippen molar-refractivity contribution in [1.82, 2.24) is 10.3 Å². The van der Waals surface area contributed by atoms with Gasteiger partial charge in [0.2, 0.25) is 0 Å². The van der Waals surface area contributed by atoms with Gasteiger partial charge in [-0.1, -0.05) is 19.9 Å². The molecule has 0 radical (unpaired) electrons. The zero-order valence-corrected chi connectivity index (χ0v) is 11.8. The van der Waals surface area contributed by atoms with Crippen LogP contribution in [-0.4, -0.2) is 28.0 Å². The Balaban J connectivity index is 2.04. The summed E-state index contributed by atoms with van der Waals surface area (Å²) in [5.74, 6) is -0.219. The summed E-state index contributed by atoms with van der Waals surface area (Å²) in [6.45, 7) is 4.39. The molecule has 1 amide bonds. The summed E-state index contributed by atoms with van der Waals surface area (Å²) < 4.78 is 0. The number of carbonyl (C=O) groups excluding carboxylic acids is 1. The van der Waals surface area contributed by atoms with E-state index < -0.39 is 5.97 Å². The van der Waals surface area contributed by atoms with Crippen molar-refractivity contribution in [2.45, 2.75) is 39.2 Å². The van der Waals surface area contributed by atoms with Crippen molar-refractivity contribution in [3.8, 4) is 0 Å². The Kier molecular flexibility index (Phi) is 4.37. The zero-order valence-electron chi connectivity index (χ0n) is 11.8. The number of amides is 1. The highest BCUT2D eigenvalue weighted by molar-refractivity contribution is 5.94. The molecule has 0 spiro atoms. The molecule has 2 N–H and O–H groups in total. The lowest BCUT2D eigenvalue weighted by molar-refractivity contribution is 0.0690. The van der Waals surface area contributed by atoms with E-state index in [1.54, 1.807) is 0 Å². The summed E-state index contributed by atoms with van der Waals surface area (Å²) in [6.07, 6.45) is 3.13. The van der Waals surface area contributed by atoms with E-state index >= 15 is 0 Å². The Bertz CT molecular complexity index is 506. The monoisotopic (exact) mass is 276 g/mol. The lowest BCUT2D eigenvalue weighted by Gasteiger charge is -2.31. The lowest BCUT2D eigenvalue weighted by atomic mass is 9.80. The first-order valence-corrected chi connectivity index (χ1v) is 6.97. The van der Waals surface area contributed by atoms with Crippen LogP contribution in [0.2, 0.25) is 0 Å². The fourth-order valence-corrected chi connectivity index (χ4v) is 3.00. The number of nitrogens with one attached hydrogen (secondary N) is 1. The molecule has 1 aliphatic carbocycles. The molecule has 2 rings (SSSR count). The Morgan fingerprint density at radius 1 is 1.15 bits per heavy atom. The molecule has 1 aromatic heterocycles. The molecule has 0 bridgehead atoms. The number of carboxylic acids is 1. The molecular weight excluding hydrogens is 256 g/mol. The molecule has 2 unspecified atom stereocenters. The summed E-state index contributed by atoms with van der Waals surface area (Å²) in [4.78, 5) is 26.9. The van der Waals surface area contributed by atoms with Gasteiger partial charge < -0.3 is 10.4 Å². The number of aromatic carboxylic acids is 1. The van der Waals surface area contributed by atoms with Crippen molar-refractivity contribution in [1.29, 1.82) is 0 Å². The van der Waals surface area contributed by atoms with Gasteiger partial charge in [0.25, 0.3) is 5.91 Å². The van der Waals surface area contributed by atoms with E-state index in [2.05, 4.69) is 24.1 Å². The Labute approximate surface area is 118 Å². The van der Waals surface area contributed by atoms with E-state index in [9.17, 15) is 9.59 Å². The first-order chi connectivity index (χ1) is 9.45. The third kappa shape index (κ3) is 3.56. The number of pyridine rings is 1. The van der Waals surface area contributed by atoms with Crippen LogP contribution in [0.4, 0.5) is 0 Å². The number of nitrogens with zero attached hydrogens (tertiary/aromatic N) is 1. The summed E-state index contributed by atoms with van der Waals surface area (Å²) in [5.41, 5.74) is 0.0545. The Morgan fingerprint density at radius 3 is 2.35 bits per heavy atom. The summed E-state index contributed by atoms with van der Waals surface area (Å²) >= 11 is 0. The first kappa shape index (κ1) is 14.5. The van der Waals surface area contributed by atoms with E-state index in [-0.39, 0.29) is 23.3 Å². The lowest BCUT2D eigenvalue weighted by Crippen LogP contribution is -2.40. The van der Waals surface area contributed by atoms with Crippen LogP contribution in [0.15, 0.2) is 18.2 Å². The van der Waals surface area contributed by atoms with Crippen LogP contribution >= 0.6 is 0 Å². The molecule has 108 valence electrons. The van der Waals surface area contributed by atoms with Gasteiger partial charge >= 0.3 is 5.97 Å². The molecule has 0 aromatic carbocycles. The second kappa shape index (κ2) is 6.03. The molecule has 0 saturated heterocycles. The van der Waals surface area contributed by atoms with Gasteiger partial charge in [-0.15, -0.1) is 0 Å². The van der Waals surface area contributed by atoms with Gasteiger partial charge in [-0.2, -0.15) is 0 Å². The molecule has 1 heterocycles. The average molecular weight is 276 g/mol. The van der Waals surface area contributed by atoms with E-state index in [1.165, 1.54) is 24.6 Å². The highest BCUT2D eigenvalue weighted by atomic mass is 16.4. The zero-order chi connectivity index (χ0) is 14.7. The molecule has 0 aliphatic heterocycles. The largest absolute Gasteiger partial charge is 0.477 e. The molecule has 1 aromatic rings. The van der Waals surface area contributed by atoms with Gasteiger partial charge in [-0.05, 0) is 43.2 Å². The third-order valence-electron chi connectivity index (χ3n) is 3.71. The van der Waals surface area contributed by atoms with Crippen LogP contribution in [0, 0.1) is 11.8 Å². The highest BCUT2D eigenvalue weighted by Gasteiger charge is 2.25. The fraction of sp³-hybridized carbons (Fsp3) is 0.533. The summed E-state index contributed by atoms with van der Waals surface area (Å²) in [6, 6.07) is 4.61. The average Bonchev–Trinajstić information content (AvgIpc) is 2.37. The molecule has 1 saturated carbocycles. The number of aromatic nitrogens is 1. The maximum atomic E-state index is 12.1. The van der Waals surface area contributed by atoms with E-state index in [4.69, 9.17) is 5.11 Å². The quantitative estimate of drug-likeness (QED) is 0.888. The van der Waals surface area contributed by atoms with Crippen molar-refractivity contribution in [2.75, 3.05) is 0 Å². The van der Waals surface area contributed by atoms with Crippen LogP contribution in [0.3, 0.4) is 0 Å². The highest BCUT2D eigenvalue weighted by Crippen LogP contribution is 2.28. The molecule has 1 fully saturated rings. The van der Waals surface area contributed by atoms with Gasteiger partial charge in [0.1, 0.15) is 11.4 Å². The van der Waals surface area contributed by atoms with Crippen molar-refractivity contribution in [3.63, 3.8) is 0 Å². The van der Waals surface area contributed by atoms with Crippen LogP contribution < -0.4 is 5.32 Å².